The van der Waals surface area contributed by atoms with Crippen LogP contribution >= 0.6 is 0 Å². The Morgan fingerprint density at radius 1 is 0.833 bits per heavy atom. The molecule has 0 aromatic carbocycles. The van der Waals surface area contributed by atoms with Gasteiger partial charge in [-0.1, -0.05) is 27.7 Å². The van der Waals surface area contributed by atoms with E-state index in [1.54, 1.807) is 27.7 Å². The van der Waals surface area contributed by atoms with E-state index in [4.69, 9.17) is 0 Å². The number of amides is 2. The van der Waals surface area contributed by atoms with Gasteiger partial charge in [0, 0.05) is 11.8 Å². The number of hydrogen-bond acceptors (Lipinski definition) is 2. The van der Waals surface area contributed by atoms with Crippen LogP contribution in [0.25, 0.3) is 0 Å². The monoisotopic (exact) mass is 172 g/mol. The summed E-state index contributed by atoms with van der Waals surface area (Å²) in [7, 11) is 0. The first-order valence-corrected chi connectivity index (χ1v) is 4.04. The third-order valence-corrected chi connectivity index (χ3v) is 1.36. The zero-order valence-electron chi connectivity index (χ0n) is 7.97. The van der Waals surface area contributed by atoms with Crippen molar-refractivity contribution < 1.29 is 9.59 Å². The first-order valence-electron chi connectivity index (χ1n) is 4.04. The van der Waals surface area contributed by atoms with Crippen molar-refractivity contribution in [3.8, 4) is 0 Å². The summed E-state index contributed by atoms with van der Waals surface area (Å²) < 4.78 is 0. The van der Waals surface area contributed by atoms with Crippen LogP contribution in [0.4, 0.5) is 0 Å². The molecule has 12 heavy (non-hydrogen) atoms. The lowest BCUT2D eigenvalue weighted by Crippen LogP contribution is -2.45. The topological polar surface area (TPSA) is 58.2 Å². The predicted molar refractivity (Wildman–Crippen MR) is 46.0 cm³/mol. The number of carbonyl (C=O) groups is 2. The lowest BCUT2D eigenvalue weighted by molar-refractivity contribution is -0.132. The van der Waals surface area contributed by atoms with Gasteiger partial charge in [0.1, 0.15) is 0 Å². The Kier molecular flexibility index (Phi) is 4.33. The molecule has 0 atom stereocenters. The van der Waals surface area contributed by atoms with Crippen LogP contribution in [0, 0.1) is 11.8 Å². The van der Waals surface area contributed by atoms with Gasteiger partial charge in [0.15, 0.2) is 0 Å². The zero-order valence-corrected chi connectivity index (χ0v) is 7.97. The molecule has 0 heterocycles. The van der Waals surface area contributed by atoms with E-state index in [0.717, 1.165) is 0 Å². The molecule has 70 valence electrons. The van der Waals surface area contributed by atoms with Gasteiger partial charge < -0.3 is 0 Å². The average Bonchev–Trinajstić information content (AvgIpc) is 1.98. The van der Waals surface area contributed by atoms with E-state index in [0.29, 0.717) is 0 Å². The summed E-state index contributed by atoms with van der Waals surface area (Å²) in [5, 5.41) is 0. The fourth-order valence-electron chi connectivity index (χ4n) is 0.412. The molecule has 0 aromatic heterocycles. The van der Waals surface area contributed by atoms with Gasteiger partial charge in [0.05, 0.1) is 0 Å². The van der Waals surface area contributed by atoms with Crippen LogP contribution < -0.4 is 10.9 Å². The van der Waals surface area contributed by atoms with Crippen LogP contribution in [0.5, 0.6) is 0 Å². The Bertz CT molecular complexity index is 156. The summed E-state index contributed by atoms with van der Waals surface area (Å²) in [5.74, 6) is -0.581. The molecule has 0 fully saturated rings. The Morgan fingerprint density at radius 2 is 1.08 bits per heavy atom. The first-order chi connectivity index (χ1) is 5.45. The number of rotatable bonds is 2. The van der Waals surface area contributed by atoms with E-state index in [1.807, 2.05) is 0 Å². The second-order valence-corrected chi connectivity index (χ2v) is 3.29. The number of hydrazine groups is 1. The van der Waals surface area contributed by atoms with Gasteiger partial charge in [-0.15, -0.1) is 0 Å². The molecule has 4 heteroatoms. The fourth-order valence-corrected chi connectivity index (χ4v) is 0.412. The summed E-state index contributed by atoms with van der Waals surface area (Å²) in [6, 6.07) is 0. The van der Waals surface area contributed by atoms with Crippen molar-refractivity contribution in [2.45, 2.75) is 27.7 Å². The average molecular weight is 172 g/mol. The minimum atomic E-state index is -0.177. The lowest BCUT2D eigenvalue weighted by Gasteiger charge is -2.10. The Hall–Kier alpha value is -1.06. The Labute approximate surface area is 72.7 Å². The van der Waals surface area contributed by atoms with Crippen molar-refractivity contribution in [2.75, 3.05) is 0 Å². The third kappa shape index (κ3) is 3.95. The normalized spacial score (nSPS) is 10.2. The number of carbonyl (C=O) groups excluding carboxylic acids is 2. The Morgan fingerprint density at radius 3 is 1.25 bits per heavy atom. The fraction of sp³-hybridized carbons (Fsp3) is 0.750. The summed E-state index contributed by atoms with van der Waals surface area (Å²) in [6.07, 6.45) is 0. The van der Waals surface area contributed by atoms with Gasteiger partial charge in [-0.05, 0) is 0 Å². The van der Waals surface area contributed by atoms with Crippen LogP contribution in [-0.4, -0.2) is 11.8 Å². The number of hydrogen-bond donors (Lipinski definition) is 2. The molecule has 0 saturated heterocycles. The van der Waals surface area contributed by atoms with Crippen molar-refractivity contribution in [1.82, 2.24) is 10.9 Å². The van der Waals surface area contributed by atoms with Gasteiger partial charge in [-0.3, -0.25) is 20.4 Å². The third-order valence-electron chi connectivity index (χ3n) is 1.36. The van der Waals surface area contributed by atoms with Gasteiger partial charge in [0.25, 0.3) is 0 Å². The van der Waals surface area contributed by atoms with Crippen LogP contribution in [0.15, 0.2) is 0 Å². The van der Waals surface area contributed by atoms with E-state index in [1.165, 1.54) is 0 Å². The first kappa shape index (κ1) is 10.9. The van der Waals surface area contributed by atoms with E-state index in [2.05, 4.69) is 10.9 Å². The maximum absolute atomic E-state index is 10.9. The zero-order chi connectivity index (χ0) is 9.72. The largest absolute Gasteiger partial charge is 0.273 e. The van der Waals surface area contributed by atoms with Crippen LogP contribution in [0.2, 0.25) is 0 Å². The lowest BCUT2D eigenvalue weighted by atomic mass is 10.2. The molecule has 0 radical (unpaired) electrons. The summed E-state index contributed by atoms with van der Waals surface area (Å²) >= 11 is 0. The quantitative estimate of drug-likeness (QED) is 0.594. The molecule has 0 unspecified atom stereocenters. The summed E-state index contributed by atoms with van der Waals surface area (Å²) in [4.78, 5) is 21.9. The van der Waals surface area contributed by atoms with Gasteiger partial charge >= 0.3 is 0 Å². The van der Waals surface area contributed by atoms with Crippen molar-refractivity contribution in [3.63, 3.8) is 0 Å². The Balaban J connectivity index is 3.69. The predicted octanol–water partition coefficient (Wildman–Crippen LogP) is 0.446. The molecule has 0 rings (SSSR count). The molecule has 2 N–H and O–H groups in total. The van der Waals surface area contributed by atoms with Gasteiger partial charge in [0.2, 0.25) is 11.8 Å². The molecule has 0 aromatic rings. The van der Waals surface area contributed by atoms with Gasteiger partial charge in [-0.2, -0.15) is 0 Å². The molecule has 0 spiro atoms. The maximum atomic E-state index is 10.9. The molecular weight excluding hydrogens is 156 g/mol. The highest BCUT2D eigenvalue weighted by Gasteiger charge is 2.09. The van der Waals surface area contributed by atoms with E-state index < -0.39 is 0 Å². The van der Waals surface area contributed by atoms with Crippen molar-refractivity contribution >= 4 is 11.8 Å². The summed E-state index contributed by atoms with van der Waals surface area (Å²) in [6.45, 7) is 7.04. The summed E-state index contributed by atoms with van der Waals surface area (Å²) in [5.41, 5.74) is 4.65. The minimum absolute atomic E-state index is 0.113. The second kappa shape index (κ2) is 4.74. The molecule has 0 bridgehead atoms. The highest BCUT2D eigenvalue weighted by molar-refractivity contribution is 5.83. The van der Waals surface area contributed by atoms with Crippen molar-refractivity contribution in [2.24, 2.45) is 11.8 Å². The second-order valence-electron chi connectivity index (χ2n) is 3.29. The number of nitrogens with one attached hydrogen (secondary N) is 2. The van der Waals surface area contributed by atoms with E-state index in [9.17, 15) is 9.59 Å². The SMILES string of the molecule is CC(C)C(=O)NNC(=O)C(C)C. The van der Waals surface area contributed by atoms with Crippen molar-refractivity contribution in [3.05, 3.63) is 0 Å². The highest BCUT2D eigenvalue weighted by atomic mass is 16.2. The molecular formula is C8H16N2O2. The van der Waals surface area contributed by atoms with Crippen LogP contribution in [0.3, 0.4) is 0 Å². The van der Waals surface area contributed by atoms with Crippen LogP contribution in [0.1, 0.15) is 27.7 Å². The van der Waals surface area contributed by atoms with E-state index in [-0.39, 0.29) is 23.7 Å². The smallest absolute Gasteiger partial charge is 0.240 e. The maximum Gasteiger partial charge on any atom is 0.240 e. The standard InChI is InChI=1S/C8H16N2O2/c1-5(2)7(11)9-10-8(12)6(3)4/h5-6H,1-4H3,(H,9,11)(H,10,12). The molecule has 0 aliphatic carbocycles. The molecule has 0 aliphatic rings. The molecule has 0 aliphatic heterocycles. The minimum Gasteiger partial charge on any atom is -0.273 e. The van der Waals surface area contributed by atoms with Gasteiger partial charge in [-0.25, -0.2) is 0 Å². The van der Waals surface area contributed by atoms with Crippen molar-refractivity contribution in [1.29, 1.82) is 0 Å². The van der Waals surface area contributed by atoms with E-state index >= 15 is 0 Å². The molecule has 4 nitrogen and oxygen atoms in total. The molecule has 2 amide bonds. The molecule has 0 saturated carbocycles. The van der Waals surface area contributed by atoms with Crippen LogP contribution in [-0.2, 0) is 9.59 Å². The highest BCUT2D eigenvalue weighted by Crippen LogP contribution is 1.91.